The summed E-state index contributed by atoms with van der Waals surface area (Å²) < 4.78 is 0. The quantitative estimate of drug-likeness (QED) is 0.697. The van der Waals surface area contributed by atoms with E-state index in [1.165, 1.54) is 0 Å². The van der Waals surface area contributed by atoms with Crippen LogP contribution in [0.15, 0.2) is 54.6 Å². The highest BCUT2D eigenvalue weighted by Crippen LogP contribution is 2.41. The summed E-state index contributed by atoms with van der Waals surface area (Å²) in [5.41, 5.74) is -2.18. The molecule has 5 heteroatoms. The molecule has 1 atom stereocenters. The Labute approximate surface area is 163 Å². The molecule has 0 radical (unpaired) electrons. The van der Waals surface area contributed by atoms with E-state index in [9.17, 15) is 24.6 Å². The van der Waals surface area contributed by atoms with Crippen LogP contribution in [0.3, 0.4) is 0 Å². The van der Waals surface area contributed by atoms with Gasteiger partial charge < -0.3 is 10.2 Å². The number of Topliss-reactive ketones (excluding diaryl/α,β-unsaturated/α-hetero) is 1. The number of fused-ring (bicyclic) bond motifs is 1. The van der Waals surface area contributed by atoms with Crippen LogP contribution < -0.4 is 0 Å². The van der Waals surface area contributed by atoms with Gasteiger partial charge in [0.05, 0.1) is 5.57 Å². The number of carboxylic acid groups (broad SMARTS) is 2. The first-order valence-corrected chi connectivity index (χ1v) is 9.55. The number of rotatable bonds is 7. The highest BCUT2D eigenvalue weighted by molar-refractivity contribution is 6.06. The van der Waals surface area contributed by atoms with Gasteiger partial charge in [-0.1, -0.05) is 68.3 Å². The molecule has 1 aliphatic rings. The van der Waals surface area contributed by atoms with Gasteiger partial charge >= 0.3 is 11.9 Å². The van der Waals surface area contributed by atoms with Gasteiger partial charge in [0.1, 0.15) is 11.2 Å². The van der Waals surface area contributed by atoms with Gasteiger partial charge in [0.2, 0.25) is 0 Å². The van der Waals surface area contributed by atoms with E-state index in [1.807, 2.05) is 18.2 Å². The number of aliphatic carboxylic acids is 2. The smallest absolute Gasteiger partial charge is 0.332 e. The molecule has 0 saturated heterocycles. The third kappa shape index (κ3) is 3.44. The summed E-state index contributed by atoms with van der Waals surface area (Å²) in [5.74, 6) is -3.19. The van der Waals surface area contributed by atoms with Crippen LogP contribution in [0.2, 0.25) is 0 Å². The van der Waals surface area contributed by atoms with Crippen molar-refractivity contribution >= 4 is 28.5 Å². The van der Waals surface area contributed by atoms with Gasteiger partial charge in [-0.05, 0) is 29.2 Å². The predicted octanol–water partition coefficient (Wildman–Crippen LogP) is 4.34. The van der Waals surface area contributed by atoms with Gasteiger partial charge in [-0.25, -0.2) is 4.79 Å². The molecule has 0 heterocycles. The summed E-state index contributed by atoms with van der Waals surface area (Å²) in [6, 6.07) is 12.3. The number of carbonyl (C=O) groups excluding carboxylic acids is 1. The maximum atomic E-state index is 13.1. The fourth-order valence-electron chi connectivity index (χ4n) is 4.29. The van der Waals surface area contributed by atoms with Gasteiger partial charge in [0.15, 0.2) is 0 Å². The van der Waals surface area contributed by atoms with Crippen molar-refractivity contribution in [1.29, 1.82) is 0 Å². The van der Waals surface area contributed by atoms with Gasteiger partial charge in [-0.3, -0.25) is 9.59 Å². The molecule has 2 N–H and O–H groups in total. The second-order valence-corrected chi connectivity index (χ2v) is 7.50. The number of benzene rings is 2. The molecular weight excluding hydrogens is 356 g/mol. The molecule has 0 aromatic heterocycles. The van der Waals surface area contributed by atoms with Crippen LogP contribution in [0.25, 0.3) is 10.8 Å². The number of ketones is 1. The Morgan fingerprint density at radius 2 is 1.61 bits per heavy atom. The van der Waals surface area contributed by atoms with Crippen molar-refractivity contribution in [2.75, 3.05) is 0 Å². The maximum absolute atomic E-state index is 13.1. The van der Waals surface area contributed by atoms with Crippen LogP contribution in [0.5, 0.6) is 0 Å². The molecule has 1 aliphatic carbocycles. The van der Waals surface area contributed by atoms with Crippen molar-refractivity contribution in [1.82, 2.24) is 0 Å². The lowest BCUT2D eigenvalue weighted by Gasteiger charge is -2.32. The zero-order valence-corrected chi connectivity index (χ0v) is 15.7. The Morgan fingerprint density at radius 1 is 0.964 bits per heavy atom. The Bertz CT molecular complexity index is 934. The summed E-state index contributed by atoms with van der Waals surface area (Å²) in [4.78, 5) is 37.5. The normalized spacial score (nSPS) is 17.0. The minimum Gasteiger partial charge on any atom is -0.480 e. The van der Waals surface area contributed by atoms with Gasteiger partial charge in [0.25, 0.3) is 0 Å². The molecule has 0 aliphatic heterocycles. The lowest BCUT2D eigenvalue weighted by atomic mass is 9.67. The van der Waals surface area contributed by atoms with Gasteiger partial charge in [0, 0.05) is 12.3 Å². The van der Waals surface area contributed by atoms with Crippen LogP contribution in [-0.4, -0.2) is 27.9 Å². The first-order chi connectivity index (χ1) is 13.4. The standard InChI is InChI=1S/C23H24O5/c1-15(21(25)26)23(22(27)28,14-20(24)17-9-3-2-4-10-17)19-13-7-11-16-8-5-6-12-18(16)19/h5-8,11-13,17H,1-4,9-10,14H2,(H,25,26)(H,27,28). The molecule has 146 valence electrons. The first kappa shape index (κ1) is 19.8. The monoisotopic (exact) mass is 380 g/mol. The van der Waals surface area contributed by atoms with Crippen molar-refractivity contribution in [3.63, 3.8) is 0 Å². The highest BCUT2D eigenvalue weighted by Gasteiger charge is 2.49. The SMILES string of the molecule is C=C(C(=O)O)C(CC(=O)C1CCCCC1)(C(=O)O)c1cccc2ccccc12. The molecule has 2 aromatic carbocycles. The lowest BCUT2D eigenvalue weighted by molar-refractivity contribution is -0.147. The summed E-state index contributed by atoms with van der Waals surface area (Å²) in [5, 5.41) is 21.3. The average Bonchev–Trinajstić information content (AvgIpc) is 2.71. The highest BCUT2D eigenvalue weighted by atomic mass is 16.4. The van der Waals surface area contributed by atoms with E-state index in [0.717, 1.165) is 37.5 Å². The van der Waals surface area contributed by atoms with Crippen LogP contribution in [-0.2, 0) is 19.8 Å². The second-order valence-electron chi connectivity index (χ2n) is 7.50. The largest absolute Gasteiger partial charge is 0.480 e. The summed E-state index contributed by atoms with van der Waals surface area (Å²) in [7, 11) is 0. The molecule has 1 saturated carbocycles. The first-order valence-electron chi connectivity index (χ1n) is 9.55. The minimum atomic E-state index is -2.00. The predicted molar refractivity (Wildman–Crippen MR) is 106 cm³/mol. The number of hydrogen-bond acceptors (Lipinski definition) is 3. The minimum absolute atomic E-state index is 0.197. The van der Waals surface area contributed by atoms with Crippen LogP contribution in [0.4, 0.5) is 0 Å². The molecule has 0 spiro atoms. The Balaban J connectivity index is 2.18. The molecular formula is C23H24O5. The van der Waals surface area contributed by atoms with Crippen molar-refractivity contribution in [2.24, 2.45) is 5.92 Å². The lowest BCUT2D eigenvalue weighted by Crippen LogP contribution is -2.43. The van der Waals surface area contributed by atoms with Crippen molar-refractivity contribution in [2.45, 2.75) is 43.9 Å². The second kappa shape index (κ2) is 7.97. The molecule has 28 heavy (non-hydrogen) atoms. The van der Waals surface area contributed by atoms with Gasteiger partial charge in [-0.2, -0.15) is 0 Å². The van der Waals surface area contributed by atoms with Crippen LogP contribution in [0, 0.1) is 5.92 Å². The molecule has 0 bridgehead atoms. The van der Waals surface area contributed by atoms with Gasteiger partial charge in [-0.15, -0.1) is 0 Å². The molecule has 2 aromatic rings. The van der Waals surface area contributed by atoms with Crippen LogP contribution >= 0.6 is 0 Å². The number of carbonyl (C=O) groups is 3. The van der Waals surface area contributed by atoms with E-state index in [0.29, 0.717) is 10.9 Å². The zero-order chi connectivity index (χ0) is 20.3. The van der Waals surface area contributed by atoms with Crippen LogP contribution in [0.1, 0.15) is 44.1 Å². The van der Waals surface area contributed by atoms with E-state index < -0.39 is 29.3 Å². The summed E-state index contributed by atoms with van der Waals surface area (Å²) in [6.45, 7) is 3.60. The topological polar surface area (TPSA) is 91.7 Å². The van der Waals surface area contributed by atoms with E-state index in [4.69, 9.17) is 0 Å². The summed E-state index contributed by atoms with van der Waals surface area (Å²) >= 11 is 0. The van der Waals surface area contributed by atoms with E-state index in [2.05, 4.69) is 6.58 Å². The summed E-state index contributed by atoms with van der Waals surface area (Å²) in [6.07, 6.45) is 3.99. The fourth-order valence-corrected chi connectivity index (χ4v) is 4.29. The third-order valence-corrected chi connectivity index (χ3v) is 5.89. The molecule has 5 nitrogen and oxygen atoms in total. The Hall–Kier alpha value is -2.95. The fraction of sp³-hybridized carbons (Fsp3) is 0.348. The zero-order valence-electron chi connectivity index (χ0n) is 15.7. The Kier molecular flexibility index (Phi) is 5.63. The average molecular weight is 380 g/mol. The van der Waals surface area contributed by atoms with Crippen molar-refractivity contribution in [3.05, 3.63) is 60.2 Å². The van der Waals surface area contributed by atoms with E-state index in [1.54, 1.807) is 24.3 Å². The molecule has 1 unspecified atom stereocenters. The number of carboxylic acids is 2. The Morgan fingerprint density at radius 3 is 2.25 bits per heavy atom. The molecule has 0 amide bonds. The third-order valence-electron chi connectivity index (χ3n) is 5.89. The van der Waals surface area contributed by atoms with E-state index >= 15 is 0 Å². The van der Waals surface area contributed by atoms with Crippen molar-refractivity contribution < 1.29 is 24.6 Å². The maximum Gasteiger partial charge on any atom is 0.332 e. The molecule has 3 rings (SSSR count). The molecule has 1 fully saturated rings. The van der Waals surface area contributed by atoms with Crippen molar-refractivity contribution in [3.8, 4) is 0 Å². The van der Waals surface area contributed by atoms with E-state index in [-0.39, 0.29) is 11.7 Å². The number of hydrogen-bond donors (Lipinski definition) is 2.